The minimum Gasteiger partial charge on any atom is -0.466 e. The zero-order valence-corrected chi connectivity index (χ0v) is 15.9. The third-order valence-corrected chi connectivity index (χ3v) is 4.38. The molecule has 0 radical (unpaired) electrons. The number of esters is 1. The van der Waals surface area contributed by atoms with Gasteiger partial charge in [-0.1, -0.05) is 48.9 Å². The Morgan fingerprint density at radius 2 is 1.85 bits per heavy atom. The lowest BCUT2D eigenvalue weighted by atomic mass is 9.89. The molecule has 0 fully saturated rings. The van der Waals surface area contributed by atoms with Gasteiger partial charge in [0.1, 0.15) is 0 Å². The number of benzene rings is 2. The van der Waals surface area contributed by atoms with Crippen LogP contribution in [0.1, 0.15) is 30.5 Å². The van der Waals surface area contributed by atoms with Gasteiger partial charge >= 0.3 is 12.1 Å². The summed E-state index contributed by atoms with van der Waals surface area (Å²) in [6.45, 7) is 3.79. The highest BCUT2D eigenvalue weighted by molar-refractivity contribution is 6.32. The Hall–Kier alpha value is -2.05. The van der Waals surface area contributed by atoms with Crippen molar-refractivity contribution in [1.82, 2.24) is 5.32 Å². The lowest BCUT2D eigenvalue weighted by Crippen LogP contribution is -2.20. The molecule has 0 amide bonds. The molecule has 1 N–H and O–H groups in total. The summed E-state index contributed by atoms with van der Waals surface area (Å²) in [5.41, 5.74) is 1.09. The van der Waals surface area contributed by atoms with Gasteiger partial charge in [0.05, 0.1) is 17.2 Å². The van der Waals surface area contributed by atoms with E-state index in [0.717, 1.165) is 5.56 Å². The number of alkyl halides is 3. The molecule has 2 aromatic carbocycles. The van der Waals surface area contributed by atoms with E-state index in [4.69, 9.17) is 16.3 Å². The summed E-state index contributed by atoms with van der Waals surface area (Å²) < 4.78 is 46.0. The van der Waals surface area contributed by atoms with Crippen molar-refractivity contribution in [2.75, 3.05) is 13.2 Å². The largest absolute Gasteiger partial charge is 0.466 e. The fourth-order valence-electron chi connectivity index (χ4n) is 2.95. The minimum atomic E-state index is -4.61. The topological polar surface area (TPSA) is 38.3 Å². The summed E-state index contributed by atoms with van der Waals surface area (Å²) in [7, 11) is 0. The van der Waals surface area contributed by atoms with Gasteiger partial charge < -0.3 is 10.1 Å². The second-order valence-electron chi connectivity index (χ2n) is 5.97. The molecular formula is C20H21ClF3NO2. The third kappa shape index (κ3) is 5.47. The van der Waals surface area contributed by atoms with E-state index in [1.54, 1.807) is 0 Å². The van der Waals surface area contributed by atoms with E-state index in [2.05, 4.69) is 5.32 Å². The summed E-state index contributed by atoms with van der Waals surface area (Å²) >= 11 is 6.07. The van der Waals surface area contributed by atoms with Gasteiger partial charge in [-0.15, -0.1) is 0 Å². The fraction of sp³-hybridized carbons (Fsp3) is 0.350. The van der Waals surface area contributed by atoms with Gasteiger partial charge in [-0.25, -0.2) is 0 Å². The normalized spacial score (nSPS) is 11.5. The average Bonchev–Trinajstić information content (AvgIpc) is 2.59. The fourth-order valence-corrected chi connectivity index (χ4v) is 3.28. The number of halogens is 4. The van der Waals surface area contributed by atoms with Crippen LogP contribution in [-0.4, -0.2) is 19.1 Å². The molecule has 0 atom stereocenters. The van der Waals surface area contributed by atoms with E-state index in [9.17, 15) is 18.0 Å². The highest BCUT2D eigenvalue weighted by Crippen LogP contribution is 2.42. The maximum Gasteiger partial charge on any atom is 0.418 e. The lowest BCUT2D eigenvalue weighted by molar-refractivity contribution is -0.141. The number of ether oxygens (including phenoxy) is 1. The molecule has 0 saturated heterocycles. The van der Waals surface area contributed by atoms with Crippen LogP contribution in [0.3, 0.4) is 0 Å². The molecule has 27 heavy (non-hydrogen) atoms. The van der Waals surface area contributed by atoms with Crippen molar-refractivity contribution in [1.29, 1.82) is 0 Å². The van der Waals surface area contributed by atoms with E-state index >= 15 is 0 Å². The first kappa shape index (κ1) is 21.3. The van der Waals surface area contributed by atoms with Crippen LogP contribution in [-0.2, 0) is 28.7 Å². The van der Waals surface area contributed by atoms with E-state index < -0.39 is 17.7 Å². The second kappa shape index (κ2) is 9.24. The molecular weight excluding hydrogens is 379 g/mol. The number of hydrogen-bond acceptors (Lipinski definition) is 3. The zero-order valence-electron chi connectivity index (χ0n) is 15.1. The summed E-state index contributed by atoms with van der Waals surface area (Å²) in [5, 5.41) is 2.73. The molecule has 146 valence electrons. The van der Waals surface area contributed by atoms with Crippen molar-refractivity contribution in [2.45, 2.75) is 33.0 Å². The predicted molar refractivity (Wildman–Crippen MR) is 99.6 cm³/mol. The van der Waals surface area contributed by atoms with Crippen LogP contribution in [0.5, 0.6) is 0 Å². The Morgan fingerprint density at radius 1 is 1.19 bits per heavy atom. The molecule has 0 aliphatic heterocycles. The number of carbonyl (C=O) groups is 1. The van der Waals surface area contributed by atoms with Crippen molar-refractivity contribution in [2.24, 2.45) is 0 Å². The van der Waals surface area contributed by atoms with Crippen molar-refractivity contribution in [3.05, 3.63) is 58.1 Å². The highest BCUT2D eigenvalue weighted by Gasteiger charge is 2.37. The van der Waals surface area contributed by atoms with Crippen molar-refractivity contribution in [3.8, 4) is 11.1 Å². The van der Waals surface area contributed by atoms with Crippen LogP contribution < -0.4 is 5.32 Å². The molecule has 2 aromatic rings. The minimum absolute atomic E-state index is 0.0519. The molecule has 0 saturated carbocycles. The standard InChI is InChI=1S/C20H21ClF3NO2/c1-3-25-12-17-15(9-10-27-13(2)26)19(20(22,23)24)18(21)11-16(17)14-7-5-4-6-8-14/h4-8,11,25H,3,9-10,12H2,1-2H3. The molecule has 7 heteroatoms. The van der Waals surface area contributed by atoms with Gasteiger partial charge in [0.15, 0.2) is 0 Å². The number of hydrogen-bond donors (Lipinski definition) is 1. The quantitative estimate of drug-likeness (QED) is 0.647. The van der Waals surface area contributed by atoms with E-state index in [-0.39, 0.29) is 30.2 Å². The van der Waals surface area contributed by atoms with Crippen LogP contribution in [0.2, 0.25) is 5.02 Å². The van der Waals surface area contributed by atoms with Gasteiger partial charge in [-0.3, -0.25) is 4.79 Å². The van der Waals surface area contributed by atoms with Crippen LogP contribution in [0, 0.1) is 0 Å². The Bertz CT molecular complexity index is 792. The number of rotatable bonds is 7. The van der Waals surface area contributed by atoms with Crippen LogP contribution in [0.4, 0.5) is 13.2 Å². The first-order valence-electron chi connectivity index (χ1n) is 8.56. The maximum absolute atomic E-state index is 13.7. The van der Waals surface area contributed by atoms with Gasteiger partial charge in [0.2, 0.25) is 0 Å². The Morgan fingerprint density at radius 3 is 2.41 bits per heavy atom. The monoisotopic (exact) mass is 399 g/mol. The lowest BCUT2D eigenvalue weighted by Gasteiger charge is -2.22. The van der Waals surface area contributed by atoms with Gasteiger partial charge in [-0.2, -0.15) is 13.2 Å². The molecule has 0 heterocycles. The molecule has 0 bridgehead atoms. The zero-order chi connectivity index (χ0) is 20.0. The molecule has 0 aliphatic rings. The molecule has 0 spiro atoms. The van der Waals surface area contributed by atoms with Crippen LogP contribution in [0.15, 0.2) is 36.4 Å². The molecule has 0 unspecified atom stereocenters. The first-order valence-corrected chi connectivity index (χ1v) is 8.94. The van der Waals surface area contributed by atoms with Crippen LogP contribution >= 0.6 is 11.6 Å². The summed E-state index contributed by atoms with van der Waals surface area (Å²) in [4.78, 5) is 11.0. The Balaban J connectivity index is 2.67. The molecule has 2 rings (SSSR count). The van der Waals surface area contributed by atoms with Crippen molar-refractivity contribution < 1.29 is 22.7 Å². The predicted octanol–water partition coefficient (Wildman–Crippen LogP) is 5.24. The smallest absolute Gasteiger partial charge is 0.418 e. The third-order valence-electron chi connectivity index (χ3n) is 4.08. The van der Waals surface area contributed by atoms with E-state index in [0.29, 0.717) is 17.7 Å². The number of nitrogens with one attached hydrogen (secondary N) is 1. The van der Waals surface area contributed by atoms with Crippen molar-refractivity contribution >= 4 is 17.6 Å². The summed E-state index contributed by atoms with van der Waals surface area (Å²) in [6, 6.07) is 10.5. The SMILES string of the molecule is CCNCc1c(-c2ccccc2)cc(Cl)c(C(F)(F)F)c1CCOC(C)=O. The Kier molecular flexibility index (Phi) is 7.27. The highest BCUT2D eigenvalue weighted by atomic mass is 35.5. The van der Waals surface area contributed by atoms with Gasteiger partial charge in [0, 0.05) is 19.9 Å². The van der Waals surface area contributed by atoms with E-state index in [1.165, 1.54) is 13.0 Å². The molecule has 3 nitrogen and oxygen atoms in total. The van der Waals surface area contributed by atoms with Gasteiger partial charge in [-0.05, 0) is 34.9 Å². The average molecular weight is 400 g/mol. The molecule has 0 aromatic heterocycles. The maximum atomic E-state index is 13.7. The van der Waals surface area contributed by atoms with Gasteiger partial charge in [0.25, 0.3) is 0 Å². The van der Waals surface area contributed by atoms with Crippen molar-refractivity contribution in [3.63, 3.8) is 0 Å². The number of carbonyl (C=O) groups excluding carboxylic acids is 1. The Labute approximate surface area is 161 Å². The second-order valence-corrected chi connectivity index (χ2v) is 6.38. The van der Waals surface area contributed by atoms with E-state index in [1.807, 2.05) is 37.3 Å². The summed E-state index contributed by atoms with van der Waals surface area (Å²) in [5.74, 6) is -0.540. The molecule has 0 aliphatic carbocycles. The summed E-state index contributed by atoms with van der Waals surface area (Å²) in [6.07, 6.45) is -4.69. The first-order chi connectivity index (χ1) is 12.8. The van der Waals surface area contributed by atoms with Crippen LogP contribution in [0.25, 0.3) is 11.1 Å².